The van der Waals surface area contributed by atoms with E-state index in [0.717, 1.165) is 31.1 Å². The van der Waals surface area contributed by atoms with Crippen LogP contribution in [0.4, 0.5) is 0 Å². The van der Waals surface area contributed by atoms with Crippen molar-refractivity contribution in [1.82, 2.24) is 0 Å². The summed E-state index contributed by atoms with van der Waals surface area (Å²) in [6.45, 7) is 4.43. The highest BCUT2D eigenvalue weighted by atomic mass is 32.2. The molecular formula is C24H36O3S. The van der Waals surface area contributed by atoms with Gasteiger partial charge in [-0.15, -0.1) is 0 Å². The van der Waals surface area contributed by atoms with Gasteiger partial charge in [0.05, 0.1) is 0 Å². The summed E-state index contributed by atoms with van der Waals surface area (Å²) in [5.74, 6) is 0. The molecule has 28 heavy (non-hydrogen) atoms. The Morgan fingerprint density at radius 2 is 1.25 bits per heavy atom. The van der Waals surface area contributed by atoms with E-state index in [-0.39, 0.29) is 4.90 Å². The topological polar surface area (TPSA) is 54.4 Å². The monoisotopic (exact) mass is 404 g/mol. The molecule has 0 bridgehead atoms. The van der Waals surface area contributed by atoms with Gasteiger partial charge in [-0.3, -0.25) is 4.55 Å². The van der Waals surface area contributed by atoms with Crippen LogP contribution in [0.15, 0.2) is 35.2 Å². The molecule has 0 saturated heterocycles. The first kappa shape index (κ1) is 22.9. The predicted octanol–water partition coefficient (Wildman–Crippen LogP) is 7.11. The maximum atomic E-state index is 11.9. The second kappa shape index (κ2) is 11.6. The molecule has 0 aliphatic carbocycles. The standard InChI is InChI=1S/C24H36O3S/c1-3-5-7-9-11-14-20-16-13-17-22-23(28(25,26)27)19-18-21(24(20)22)15-12-10-8-6-4-2/h13,16-19H,3-12,14-15H2,1-2H3,(H,25,26,27). The maximum absolute atomic E-state index is 11.9. The highest BCUT2D eigenvalue weighted by Crippen LogP contribution is 2.31. The van der Waals surface area contributed by atoms with E-state index in [9.17, 15) is 13.0 Å². The molecular weight excluding hydrogens is 368 g/mol. The Hall–Kier alpha value is -1.39. The molecule has 156 valence electrons. The van der Waals surface area contributed by atoms with Gasteiger partial charge in [0, 0.05) is 5.39 Å². The number of unbranched alkanes of at least 4 members (excludes halogenated alkanes) is 8. The molecule has 4 heteroatoms. The molecule has 0 amide bonds. The first-order chi connectivity index (χ1) is 13.5. The van der Waals surface area contributed by atoms with Crippen LogP contribution >= 0.6 is 0 Å². The van der Waals surface area contributed by atoms with E-state index in [0.29, 0.717) is 5.39 Å². The summed E-state index contributed by atoms with van der Waals surface area (Å²) in [5, 5.41) is 1.71. The van der Waals surface area contributed by atoms with Crippen LogP contribution in [0, 0.1) is 0 Å². The van der Waals surface area contributed by atoms with E-state index in [1.54, 1.807) is 6.07 Å². The molecule has 0 atom stereocenters. The van der Waals surface area contributed by atoms with Crippen LogP contribution in [0.2, 0.25) is 0 Å². The zero-order chi connectivity index (χ0) is 20.4. The number of hydrogen-bond donors (Lipinski definition) is 1. The van der Waals surface area contributed by atoms with Crippen LogP contribution in [0.3, 0.4) is 0 Å². The Kier molecular flexibility index (Phi) is 9.46. The smallest absolute Gasteiger partial charge is 0.282 e. The van der Waals surface area contributed by atoms with Crippen molar-refractivity contribution >= 4 is 20.9 Å². The lowest BCUT2D eigenvalue weighted by atomic mass is 9.93. The van der Waals surface area contributed by atoms with Gasteiger partial charge < -0.3 is 0 Å². The Morgan fingerprint density at radius 3 is 1.79 bits per heavy atom. The van der Waals surface area contributed by atoms with E-state index < -0.39 is 10.1 Å². The minimum absolute atomic E-state index is 0.0325. The summed E-state index contributed by atoms with van der Waals surface area (Å²) in [6.07, 6.45) is 14.1. The van der Waals surface area contributed by atoms with Crippen LogP contribution < -0.4 is 0 Å². The van der Waals surface area contributed by atoms with E-state index in [2.05, 4.69) is 19.9 Å². The predicted molar refractivity (Wildman–Crippen MR) is 119 cm³/mol. The van der Waals surface area contributed by atoms with Crippen LogP contribution in [0.25, 0.3) is 10.8 Å². The third kappa shape index (κ3) is 6.59. The lowest BCUT2D eigenvalue weighted by Crippen LogP contribution is -2.02. The van der Waals surface area contributed by atoms with E-state index in [1.165, 1.54) is 62.5 Å². The molecule has 0 heterocycles. The van der Waals surface area contributed by atoms with Gasteiger partial charge in [-0.2, -0.15) is 8.42 Å². The minimum atomic E-state index is -4.23. The Balaban J connectivity index is 2.30. The van der Waals surface area contributed by atoms with Crippen molar-refractivity contribution in [3.8, 4) is 0 Å². The van der Waals surface area contributed by atoms with Gasteiger partial charge in [0.15, 0.2) is 0 Å². The number of rotatable bonds is 13. The van der Waals surface area contributed by atoms with Crippen molar-refractivity contribution < 1.29 is 13.0 Å². The quantitative estimate of drug-likeness (QED) is 0.286. The second-order valence-electron chi connectivity index (χ2n) is 7.87. The normalized spacial score (nSPS) is 12.0. The molecule has 3 nitrogen and oxygen atoms in total. The van der Waals surface area contributed by atoms with Gasteiger partial charge in [-0.05, 0) is 48.3 Å². The molecule has 0 fully saturated rings. The summed E-state index contributed by atoms with van der Waals surface area (Å²) in [4.78, 5) is 0.0325. The fraction of sp³-hybridized carbons (Fsp3) is 0.583. The second-order valence-corrected chi connectivity index (χ2v) is 9.26. The van der Waals surface area contributed by atoms with Crippen molar-refractivity contribution in [2.24, 2.45) is 0 Å². The molecule has 0 aliphatic heterocycles. The number of fused-ring (bicyclic) bond motifs is 1. The Labute approximate surface area is 171 Å². The summed E-state index contributed by atoms with van der Waals surface area (Å²) >= 11 is 0. The molecule has 0 unspecified atom stereocenters. The maximum Gasteiger partial charge on any atom is 0.295 e. The van der Waals surface area contributed by atoms with Crippen molar-refractivity contribution in [1.29, 1.82) is 0 Å². The van der Waals surface area contributed by atoms with Crippen LogP contribution in [-0.2, 0) is 23.0 Å². The molecule has 2 rings (SSSR count). The van der Waals surface area contributed by atoms with Gasteiger partial charge in [-0.1, -0.05) is 89.5 Å². The fourth-order valence-electron chi connectivity index (χ4n) is 4.01. The zero-order valence-electron chi connectivity index (χ0n) is 17.5. The fourth-order valence-corrected chi connectivity index (χ4v) is 4.70. The van der Waals surface area contributed by atoms with Crippen molar-refractivity contribution in [2.75, 3.05) is 0 Å². The van der Waals surface area contributed by atoms with Gasteiger partial charge in [-0.25, -0.2) is 0 Å². The SMILES string of the molecule is CCCCCCCc1cccc2c(S(=O)(=O)O)ccc(CCCCCCC)c12. The third-order valence-electron chi connectivity index (χ3n) is 5.55. The number of aryl methyl sites for hydroxylation is 2. The van der Waals surface area contributed by atoms with Crippen LogP contribution in [-0.4, -0.2) is 13.0 Å². The summed E-state index contributed by atoms with van der Waals surface area (Å²) in [7, 11) is -4.23. The molecule has 0 radical (unpaired) electrons. The average Bonchev–Trinajstić information content (AvgIpc) is 2.66. The van der Waals surface area contributed by atoms with Gasteiger partial charge >= 0.3 is 0 Å². The van der Waals surface area contributed by atoms with Gasteiger partial charge in [0.25, 0.3) is 10.1 Å². The van der Waals surface area contributed by atoms with Crippen molar-refractivity contribution in [3.63, 3.8) is 0 Å². The third-order valence-corrected chi connectivity index (χ3v) is 6.46. The number of hydrogen-bond acceptors (Lipinski definition) is 2. The molecule has 0 aliphatic rings. The first-order valence-electron chi connectivity index (χ1n) is 11.0. The molecule has 1 N–H and O–H groups in total. The van der Waals surface area contributed by atoms with Gasteiger partial charge in [0.1, 0.15) is 4.90 Å². The Bertz CT molecular complexity index is 820. The highest BCUT2D eigenvalue weighted by molar-refractivity contribution is 7.86. The Morgan fingerprint density at radius 1 is 0.714 bits per heavy atom. The van der Waals surface area contributed by atoms with Crippen LogP contribution in [0.1, 0.15) is 89.2 Å². The lowest BCUT2D eigenvalue weighted by molar-refractivity contribution is 0.484. The summed E-state index contributed by atoms with van der Waals surface area (Å²) < 4.78 is 33.5. The highest BCUT2D eigenvalue weighted by Gasteiger charge is 2.17. The number of benzene rings is 2. The largest absolute Gasteiger partial charge is 0.295 e. The van der Waals surface area contributed by atoms with E-state index in [4.69, 9.17) is 0 Å². The molecule has 0 saturated carbocycles. The molecule has 2 aromatic carbocycles. The van der Waals surface area contributed by atoms with Crippen molar-refractivity contribution in [3.05, 3.63) is 41.5 Å². The van der Waals surface area contributed by atoms with Crippen molar-refractivity contribution in [2.45, 2.75) is 95.8 Å². The van der Waals surface area contributed by atoms with E-state index in [1.807, 2.05) is 18.2 Å². The lowest BCUT2D eigenvalue weighted by Gasteiger charge is -2.14. The molecule has 0 spiro atoms. The average molecular weight is 405 g/mol. The van der Waals surface area contributed by atoms with Gasteiger partial charge in [0.2, 0.25) is 0 Å². The first-order valence-corrected chi connectivity index (χ1v) is 12.4. The zero-order valence-corrected chi connectivity index (χ0v) is 18.4. The summed E-state index contributed by atoms with van der Waals surface area (Å²) in [5.41, 5.74) is 2.42. The molecule has 2 aromatic rings. The van der Waals surface area contributed by atoms with E-state index >= 15 is 0 Å². The molecule has 0 aromatic heterocycles. The minimum Gasteiger partial charge on any atom is -0.282 e. The van der Waals surface area contributed by atoms with Crippen LogP contribution in [0.5, 0.6) is 0 Å². The summed E-state index contributed by atoms with van der Waals surface area (Å²) in [6, 6.07) is 9.36.